The van der Waals surface area contributed by atoms with Gasteiger partial charge in [0.2, 0.25) is 0 Å². The smallest absolute Gasteiger partial charge is 0.191 e. The van der Waals surface area contributed by atoms with Gasteiger partial charge in [-0.05, 0) is 43.9 Å². The molecule has 0 radical (unpaired) electrons. The zero-order chi connectivity index (χ0) is 18.6. The molecule has 8 heteroatoms. The maximum atomic E-state index is 11.7. The van der Waals surface area contributed by atoms with Crippen molar-refractivity contribution < 1.29 is 8.42 Å². The van der Waals surface area contributed by atoms with Crippen molar-refractivity contribution in [2.75, 3.05) is 24.6 Å². The lowest BCUT2D eigenvalue weighted by Crippen LogP contribution is -2.44. The molecule has 2 aliphatic rings. The number of nitrogens with one attached hydrogen (secondary N) is 2. The Hall–Kier alpha value is -0.350. The minimum absolute atomic E-state index is 0. The van der Waals surface area contributed by atoms with E-state index in [9.17, 15) is 8.42 Å². The van der Waals surface area contributed by atoms with Crippen LogP contribution in [0, 0.1) is 0 Å². The lowest BCUT2D eigenvalue weighted by Gasteiger charge is -2.28. The Kier molecular flexibility index (Phi) is 8.42. The third-order valence-electron chi connectivity index (χ3n) is 5.47. The highest BCUT2D eigenvalue weighted by Gasteiger charge is 2.36. The molecule has 0 spiro atoms. The van der Waals surface area contributed by atoms with E-state index in [1.165, 1.54) is 18.4 Å². The molecule has 1 aliphatic heterocycles. The van der Waals surface area contributed by atoms with Crippen molar-refractivity contribution in [1.29, 1.82) is 0 Å². The summed E-state index contributed by atoms with van der Waals surface area (Å²) in [6.45, 7) is 3.52. The van der Waals surface area contributed by atoms with Crippen LogP contribution in [0.1, 0.15) is 44.6 Å². The summed E-state index contributed by atoms with van der Waals surface area (Å²) in [5.41, 5.74) is 1.44. The number of rotatable bonds is 5. The third kappa shape index (κ3) is 6.06. The van der Waals surface area contributed by atoms with Gasteiger partial charge in [0.05, 0.1) is 18.1 Å². The highest BCUT2D eigenvalue weighted by Crippen LogP contribution is 2.41. The molecule has 1 aromatic rings. The standard InChI is InChI=1S/C19H28BrN3O2S.HI/c1-2-21-18(23-17-9-12-26(24,25)13-17)22-14-19(10-3-4-11-19)15-5-7-16(20)8-6-15;/h5-8,17H,2-4,9-14H2,1H3,(H2,21,22,23);1H. The van der Waals surface area contributed by atoms with Crippen molar-refractivity contribution >= 4 is 55.7 Å². The van der Waals surface area contributed by atoms with E-state index in [0.717, 1.165) is 36.4 Å². The van der Waals surface area contributed by atoms with Gasteiger partial charge in [0.1, 0.15) is 0 Å². The summed E-state index contributed by atoms with van der Waals surface area (Å²) in [4.78, 5) is 4.87. The summed E-state index contributed by atoms with van der Waals surface area (Å²) in [6, 6.07) is 8.58. The van der Waals surface area contributed by atoms with Crippen LogP contribution in [0.25, 0.3) is 0 Å². The number of sulfone groups is 1. The molecule has 0 aromatic heterocycles. The van der Waals surface area contributed by atoms with Gasteiger partial charge in [-0.3, -0.25) is 4.99 Å². The molecule has 1 saturated heterocycles. The molecule has 1 aromatic carbocycles. The monoisotopic (exact) mass is 569 g/mol. The molecule has 5 nitrogen and oxygen atoms in total. The highest BCUT2D eigenvalue weighted by molar-refractivity contribution is 14.0. The van der Waals surface area contributed by atoms with Crippen LogP contribution in [0.15, 0.2) is 33.7 Å². The van der Waals surface area contributed by atoms with Gasteiger partial charge in [-0.2, -0.15) is 0 Å². The van der Waals surface area contributed by atoms with Gasteiger partial charge in [0, 0.05) is 22.5 Å². The Morgan fingerprint density at radius 3 is 2.48 bits per heavy atom. The van der Waals surface area contributed by atoms with Crippen LogP contribution in [0.4, 0.5) is 0 Å². The molecular weight excluding hydrogens is 541 g/mol. The lowest BCUT2D eigenvalue weighted by atomic mass is 9.79. The molecule has 27 heavy (non-hydrogen) atoms. The quantitative estimate of drug-likeness (QED) is 0.323. The Bertz CT molecular complexity index is 747. The first kappa shape index (κ1) is 22.9. The number of benzene rings is 1. The van der Waals surface area contributed by atoms with Crippen LogP contribution >= 0.6 is 39.9 Å². The summed E-state index contributed by atoms with van der Waals surface area (Å²) in [7, 11) is -2.90. The number of hydrogen-bond donors (Lipinski definition) is 2. The predicted molar refractivity (Wildman–Crippen MR) is 126 cm³/mol. The number of aliphatic imine (C=N–C) groups is 1. The van der Waals surface area contributed by atoms with Gasteiger partial charge in [-0.1, -0.05) is 40.9 Å². The van der Waals surface area contributed by atoms with Crippen molar-refractivity contribution in [2.24, 2.45) is 4.99 Å². The van der Waals surface area contributed by atoms with E-state index in [0.29, 0.717) is 6.42 Å². The SMILES string of the molecule is CCNC(=NCC1(c2ccc(Br)cc2)CCCC1)NC1CCS(=O)(=O)C1.I. The average molecular weight is 570 g/mol. The fourth-order valence-corrected chi connectivity index (χ4v) is 5.98. The van der Waals surface area contributed by atoms with Gasteiger partial charge in [0.15, 0.2) is 15.8 Å². The van der Waals surface area contributed by atoms with Crippen molar-refractivity contribution in [2.45, 2.75) is 50.5 Å². The minimum Gasteiger partial charge on any atom is -0.357 e. The topological polar surface area (TPSA) is 70.6 Å². The molecule has 2 N–H and O–H groups in total. The Morgan fingerprint density at radius 2 is 1.93 bits per heavy atom. The summed E-state index contributed by atoms with van der Waals surface area (Å²) in [5, 5.41) is 6.60. The molecule has 3 rings (SSSR count). The van der Waals surface area contributed by atoms with E-state index in [1.54, 1.807) is 0 Å². The second-order valence-corrected chi connectivity index (χ2v) is 10.6. The fourth-order valence-electron chi connectivity index (χ4n) is 4.05. The molecule has 1 saturated carbocycles. The molecule has 0 bridgehead atoms. The Morgan fingerprint density at radius 1 is 1.26 bits per heavy atom. The highest BCUT2D eigenvalue weighted by atomic mass is 127. The molecular formula is C19H29BrIN3O2S. The van der Waals surface area contributed by atoms with Crippen molar-refractivity contribution in [3.8, 4) is 0 Å². The molecule has 1 atom stereocenters. The summed E-state index contributed by atoms with van der Waals surface area (Å²) >= 11 is 3.52. The first-order valence-electron chi connectivity index (χ1n) is 9.44. The first-order valence-corrected chi connectivity index (χ1v) is 12.1. The van der Waals surface area contributed by atoms with E-state index in [1.807, 2.05) is 6.92 Å². The maximum Gasteiger partial charge on any atom is 0.191 e. The van der Waals surface area contributed by atoms with Crippen LogP contribution in [0.5, 0.6) is 0 Å². The second kappa shape index (κ2) is 9.91. The van der Waals surface area contributed by atoms with Gasteiger partial charge in [-0.15, -0.1) is 24.0 Å². The Labute approximate surface area is 188 Å². The largest absolute Gasteiger partial charge is 0.357 e. The van der Waals surface area contributed by atoms with Gasteiger partial charge >= 0.3 is 0 Å². The van der Waals surface area contributed by atoms with Gasteiger partial charge < -0.3 is 10.6 Å². The van der Waals surface area contributed by atoms with E-state index < -0.39 is 9.84 Å². The number of halogens is 2. The number of nitrogens with zero attached hydrogens (tertiary/aromatic N) is 1. The van der Waals surface area contributed by atoms with Crippen LogP contribution in [-0.4, -0.2) is 45.0 Å². The molecule has 1 aliphatic carbocycles. The van der Waals surface area contributed by atoms with Crippen LogP contribution < -0.4 is 10.6 Å². The van der Waals surface area contributed by atoms with E-state index in [-0.39, 0.29) is 46.9 Å². The summed E-state index contributed by atoms with van der Waals surface area (Å²) < 4.78 is 24.5. The van der Waals surface area contributed by atoms with Gasteiger partial charge in [-0.25, -0.2) is 8.42 Å². The summed E-state index contributed by atoms with van der Waals surface area (Å²) in [6.07, 6.45) is 5.42. The van der Waals surface area contributed by atoms with E-state index >= 15 is 0 Å². The zero-order valence-corrected chi connectivity index (χ0v) is 20.4. The third-order valence-corrected chi connectivity index (χ3v) is 7.77. The Balaban J connectivity index is 0.00000261. The summed E-state index contributed by atoms with van der Waals surface area (Å²) in [5.74, 6) is 1.21. The molecule has 1 heterocycles. The van der Waals surface area contributed by atoms with Crippen LogP contribution in [0.3, 0.4) is 0 Å². The first-order chi connectivity index (χ1) is 12.4. The van der Waals surface area contributed by atoms with Crippen molar-refractivity contribution in [3.05, 3.63) is 34.3 Å². The van der Waals surface area contributed by atoms with Crippen molar-refractivity contribution in [1.82, 2.24) is 10.6 Å². The lowest BCUT2D eigenvalue weighted by molar-refractivity contribution is 0.452. The molecule has 152 valence electrons. The maximum absolute atomic E-state index is 11.7. The van der Waals surface area contributed by atoms with E-state index in [2.05, 4.69) is 50.8 Å². The molecule has 1 unspecified atom stereocenters. The number of guanidine groups is 1. The normalized spacial score (nSPS) is 23.6. The van der Waals surface area contributed by atoms with Crippen molar-refractivity contribution in [3.63, 3.8) is 0 Å². The van der Waals surface area contributed by atoms with E-state index in [4.69, 9.17) is 4.99 Å². The number of hydrogen-bond acceptors (Lipinski definition) is 3. The predicted octanol–water partition coefficient (Wildman–Crippen LogP) is 3.62. The zero-order valence-electron chi connectivity index (χ0n) is 15.7. The molecule has 0 amide bonds. The second-order valence-electron chi connectivity index (χ2n) is 7.43. The fraction of sp³-hybridized carbons (Fsp3) is 0.632. The van der Waals surface area contributed by atoms with Gasteiger partial charge in [0.25, 0.3) is 0 Å². The average Bonchev–Trinajstić information content (AvgIpc) is 3.21. The molecule has 2 fully saturated rings. The van der Waals surface area contributed by atoms with Crippen LogP contribution in [0.2, 0.25) is 0 Å². The van der Waals surface area contributed by atoms with Crippen LogP contribution in [-0.2, 0) is 15.3 Å². The minimum atomic E-state index is -2.90.